The molecule has 100 valence electrons. The molecule has 0 bridgehead atoms. The number of aromatic nitrogens is 1. The second-order valence-electron chi connectivity index (χ2n) is 4.52. The smallest absolute Gasteiger partial charge is 0.126 e. The van der Waals surface area contributed by atoms with Crippen LogP contribution in [0.2, 0.25) is 5.02 Å². The molecule has 0 spiro atoms. The summed E-state index contributed by atoms with van der Waals surface area (Å²) >= 11 is 5.89. The third-order valence-corrected chi connectivity index (χ3v) is 3.04. The lowest BCUT2D eigenvalue weighted by molar-refractivity contribution is 0.0465. The first kappa shape index (κ1) is 13.8. The highest BCUT2D eigenvalue weighted by molar-refractivity contribution is 6.30. The number of aryl methyl sites for hydroxylation is 1. The van der Waals surface area contributed by atoms with Crippen molar-refractivity contribution in [3.05, 3.63) is 58.9 Å². The van der Waals surface area contributed by atoms with Crippen LogP contribution in [0.4, 0.5) is 0 Å². The van der Waals surface area contributed by atoms with E-state index in [4.69, 9.17) is 16.3 Å². The Balaban J connectivity index is 2.09. The lowest BCUT2D eigenvalue weighted by Crippen LogP contribution is -2.21. The van der Waals surface area contributed by atoms with Gasteiger partial charge in [0.2, 0.25) is 0 Å². The molecular weight excluding hydrogens is 262 g/mol. The Bertz CT molecular complexity index is 559. The van der Waals surface area contributed by atoms with Crippen LogP contribution in [-0.2, 0) is 0 Å². The van der Waals surface area contributed by atoms with Crippen molar-refractivity contribution >= 4 is 11.6 Å². The normalized spacial score (nSPS) is 13.9. The van der Waals surface area contributed by atoms with Crippen molar-refractivity contribution in [2.24, 2.45) is 0 Å². The summed E-state index contributed by atoms with van der Waals surface area (Å²) in [6.07, 6.45) is 2.28. The number of aliphatic hydroxyl groups is 1. The molecule has 2 atom stereocenters. The van der Waals surface area contributed by atoms with Crippen LogP contribution in [0, 0.1) is 6.92 Å². The molecule has 3 nitrogen and oxygen atoms in total. The van der Waals surface area contributed by atoms with E-state index >= 15 is 0 Å². The van der Waals surface area contributed by atoms with Crippen molar-refractivity contribution in [1.29, 1.82) is 0 Å². The first-order valence-corrected chi connectivity index (χ1v) is 6.46. The van der Waals surface area contributed by atoms with Gasteiger partial charge in [-0.05, 0) is 37.6 Å². The summed E-state index contributed by atoms with van der Waals surface area (Å²) in [4.78, 5) is 4.07. The first-order chi connectivity index (χ1) is 9.06. The molecule has 2 unspecified atom stereocenters. The monoisotopic (exact) mass is 277 g/mol. The van der Waals surface area contributed by atoms with E-state index < -0.39 is 6.10 Å². The largest absolute Gasteiger partial charge is 0.488 e. The van der Waals surface area contributed by atoms with E-state index in [0.717, 1.165) is 11.1 Å². The molecule has 0 aliphatic carbocycles. The molecule has 19 heavy (non-hydrogen) atoms. The Hall–Kier alpha value is -1.58. The summed E-state index contributed by atoms with van der Waals surface area (Å²) in [7, 11) is 0. The molecule has 1 heterocycles. The maximum atomic E-state index is 10.2. The molecule has 0 saturated heterocycles. The van der Waals surface area contributed by atoms with Gasteiger partial charge in [0.05, 0.1) is 0 Å². The number of ether oxygens (including phenoxy) is 1. The van der Waals surface area contributed by atoms with E-state index in [1.54, 1.807) is 24.5 Å². The average Bonchev–Trinajstić information content (AvgIpc) is 2.38. The molecule has 2 aromatic rings. The number of hydrogen-bond acceptors (Lipinski definition) is 3. The fourth-order valence-corrected chi connectivity index (χ4v) is 2.01. The van der Waals surface area contributed by atoms with Crippen molar-refractivity contribution in [3.63, 3.8) is 0 Å². The highest BCUT2D eigenvalue weighted by Gasteiger charge is 2.18. The summed E-state index contributed by atoms with van der Waals surface area (Å²) in [6.45, 7) is 3.75. The van der Waals surface area contributed by atoms with Crippen LogP contribution in [0.1, 0.15) is 24.2 Å². The highest BCUT2D eigenvalue weighted by Crippen LogP contribution is 2.23. The van der Waals surface area contributed by atoms with Gasteiger partial charge in [0.25, 0.3) is 0 Å². The number of halogens is 1. The van der Waals surface area contributed by atoms with Gasteiger partial charge in [-0.3, -0.25) is 4.98 Å². The summed E-state index contributed by atoms with van der Waals surface area (Å²) in [5.74, 6) is 0.639. The fourth-order valence-electron chi connectivity index (χ4n) is 1.83. The second kappa shape index (κ2) is 6.04. The van der Waals surface area contributed by atoms with Gasteiger partial charge in [-0.15, -0.1) is 0 Å². The molecule has 0 saturated carbocycles. The van der Waals surface area contributed by atoms with E-state index in [9.17, 15) is 5.11 Å². The number of rotatable bonds is 4. The van der Waals surface area contributed by atoms with Crippen LogP contribution in [-0.4, -0.2) is 16.2 Å². The van der Waals surface area contributed by atoms with Gasteiger partial charge in [0, 0.05) is 23.0 Å². The van der Waals surface area contributed by atoms with Crippen LogP contribution < -0.4 is 4.74 Å². The van der Waals surface area contributed by atoms with Crippen LogP contribution in [0.25, 0.3) is 0 Å². The maximum absolute atomic E-state index is 10.2. The molecule has 0 aliphatic rings. The number of nitrogens with zero attached hydrogens (tertiary/aromatic N) is 1. The lowest BCUT2D eigenvalue weighted by atomic mass is 10.1. The Labute approximate surface area is 117 Å². The molecule has 0 fully saturated rings. The Morgan fingerprint density at radius 2 is 2.05 bits per heavy atom. The maximum Gasteiger partial charge on any atom is 0.126 e. The number of aliphatic hydroxyl groups excluding tert-OH is 1. The Morgan fingerprint density at radius 1 is 1.26 bits per heavy atom. The number of hydrogen-bond donors (Lipinski definition) is 1. The molecule has 1 aromatic carbocycles. The van der Waals surface area contributed by atoms with Crippen LogP contribution in [0.5, 0.6) is 5.75 Å². The third kappa shape index (κ3) is 3.69. The zero-order chi connectivity index (χ0) is 13.8. The van der Waals surface area contributed by atoms with E-state index in [-0.39, 0.29) is 6.10 Å². The number of benzene rings is 1. The topological polar surface area (TPSA) is 42.4 Å². The van der Waals surface area contributed by atoms with Crippen molar-refractivity contribution in [2.75, 3.05) is 0 Å². The Morgan fingerprint density at radius 3 is 2.74 bits per heavy atom. The predicted molar refractivity (Wildman–Crippen MR) is 75.5 cm³/mol. The average molecular weight is 278 g/mol. The highest BCUT2D eigenvalue weighted by atomic mass is 35.5. The molecular formula is C15H16ClNO2. The van der Waals surface area contributed by atoms with Gasteiger partial charge in [0.15, 0.2) is 0 Å². The summed E-state index contributed by atoms with van der Waals surface area (Å²) < 4.78 is 5.69. The van der Waals surface area contributed by atoms with Gasteiger partial charge in [0.1, 0.15) is 18.0 Å². The standard InChI is InChI=1S/C15H16ClNO2/c1-10-6-12(9-17-8-10)15(18)11(2)19-14-5-3-4-13(16)7-14/h3-9,11,15,18H,1-2H3. The molecule has 1 N–H and O–H groups in total. The van der Waals surface area contributed by atoms with Crippen molar-refractivity contribution in [2.45, 2.75) is 26.1 Å². The van der Waals surface area contributed by atoms with Crippen LogP contribution in [0.15, 0.2) is 42.7 Å². The van der Waals surface area contributed by atoms with Gasteiger partial charge in [-0.1, -0.05) is 23.7 Å². The Kier molecular flexibility index (Phi) is 4.40. The summed E-state index contributed by atoms with van der Waals surface area (Å²) in [5, 5.41) is 10.9. The van der Waals surface area contributed by atoms with Crippen molar-refractivity contribution in [3.8, 4) is 5.75 Å². The summed E-state index contributed by atoms with van der Waals surface area (Å²) in [6, 6.07) is 9.02. The minimum Gasteiger partial charge on any atom is -0.488 e. The SMILES string of the molecule is Cc1cncc(C(O)C(C)Oc2cccc(Cl)c2)c1. The van der Waals surface area contributed by atoms with E-state index in [1.807, 2.05) is 32.0 Å². The summed E-state index contributed by atoms with van der Waals surface area (Å²) in [5.41, 5.74) is 1.75. The molecule has 4 heteroatoms. The van der Waals surface area contributed by atoms with Gasteiger partial charge < -0.3 is 9.84 Å². The van der Waals surface area contributed by atoms with E-state index in [2.05, 4.69) is 4.98 Å². The fraction of sp³-hybridized carbons (Fsp3) is 0.267. The van der Waals surface area contributed by atoms with Crippen molar-refractivity contribution in [1.82, 2.24) is 4.98 Å². The van der Waals surface area contributed by atoms with E-state index in [1.165, 1.54) is 0 Å². The van der Waals surface area contributed by atoms with E-state index in [0.29, 0.717) is 10.8 Å². The third-order valence-electron chi connectivity index (χ3n) is 2.80. The molecule has 2 rings (SSSR count). The minimum atomic E-state index is -0.730. The van der Waals surface area contributed by atoms with Crippen LogP contribution >= 0.6 is 11.6 Å². The van der Waals surface area contributed by atoms with Crippen LogP contribution in [0.3, 0.4) is 0 Å². The quantitative estimate of drug-likeness (QED) is 0.929. The zero-order valence-electron chi connectivity index (χ0n) is 10.9. The predicted octanol–water partition coefficient (Wildman–Crippen LogP) is 3.54. The number of pyridine rings is 1. The molecule has 0 radical (unpaired) electrons. The minimum absolute atomic E-state index is 0.387. The van der Waals surface area contributed by atoms with Crippen molar-refractivity contribution < 1.29 is 9.84 Å². The second-order valence-corrected chi connectivity index (χ2v) is 4.96. The van der Waals surface area contributed by atoms with Gasteiger partial charge in [-0.2, -0.15) is 0 Å². The first-order valence-electron chi connectivity index (χ1n) is 6.08. The van der Waals surface area contributed by atoms with Gasteiger partial charge >= 0.3 is 0 Å². The van der Waals surface area contributed by atoms with Gasteiger partial charge in [-0.25, -0.2) is 0 Å². The molecule has 1 aromatic heterocycles. The zero-order valence-corrected chi connectivity index (χ0v) is 11.6. The lowest BCUT2D eigenvalue weighted by Gasteiger charge is -2.21. The molecule has 0 amide bonds. The molecule has 0 aliphatic heterocycles.